The first kappa shape index (κ1) is 21.7. The Morgan fingerprint density at radius 2 is 1.77 bits per heavy atom. The van der Waals surface area contributed by atoms with Crippen molar-refractivity contribution < 1.29 is 19.0 Å². The van der Waals surface area contributed by atoms with E-state index in [1.54, 1.807) is 14.2 Å². The first-order chi connectivity index (χ1) is 15.1. The minimum atomic E-state index is -0.147. The molecule has 0 bridgehead atoms. The summed E-state index contributed by atoms with van der Waals surface area (Å²) >= 11 is 0. The molecule has 0 aromatic heterocycles. The normalized spacial score (nSPS) is 22.2. The van der Waals surface area contributed by atoms with Gasteiger partial charge in [-0.25, -0.2) is 0 Å². The lowest BCUT2D eigenvalue weighted by Crippen LogP contribution is -2.31. The van der Waals surface area contributed by atoms with E-state index in [9.17, 15) is 4.79 Å². The van der Waals surface area contributed by atoms with Gasteiger partial charge in [-0.1, -0.05) is 31.0 Å². The Hall–Kier alpha value is -2.49. The molecule has 2 aliphatic carbocycles. The average molecular weight is 423 g/mol. The molecule has 0 radical (unpaired) electrons. The van der Waals surface area contributed by atoms with Crippen LogP contribution in [-0.4, -0.2) is 26.8 Å². The molecule has 2 aromatic rings. The van der Waals surface area contributed by atoms with Crippen LogP contribution in [0.25, 0.3) is 0 Å². The van der Waals surface area contributed by atoms with Crippen LogP contribution in [0.4, 0.5) is 0 Å². The highest BCUT2D eigenvalue weighted by atomic mass is 16.5. The van der Waals surface area contributed by atoms with Crippen molar-refractivity contribution in [2.45, 2.75) is 63.7 Å². The number of carbonyl (C=O) groups is 1. The van der Waals surface area contributed by atoms with Gasteiger partial charge in [-0.05, 0) is 90.8 Å². The van der Waals surface area contributed by atoms with Gasteiger partial charge in [0.1, 0.15) is 11.5 Å². The number of rotatable bonds is 7. The molecule has 1 saturated carbocycles. The van der Waals surface area contributed by atoms with Crippen molar-refractivity contribution in [1.82, 2.24) is 0 Å². The minimum Gasteiger partial charge on any atom is -0.497 e. The molecule has 0 aliphatic heterocycles. The summed E-state index contributed by atoms with van der Waals surface area (Å²) in [6.45, 7) is 2.27. The molecule has 3 atom stereocenters. The zero-order valence-corrected chi connectivity index (χ0v) is 19.0. The molecule has 4 rings (SSSR count). The van der Waals surface area contributed by atoms with Gasteiger partial charge in [-0.3, -0.25) is 4.79 Å². The van der Waals surface area contributed by atoms with Crippen molar-refractivity contribution in [3.8, 4) is 11.5 Å². The zero-order chi connectivity index (χ0) is 21.8. The van der Waals surface area contributed by atoms with Crippen molar-refractivity contribution in [2.24, 2.45) is 5.92 Å². The molecule has 0 spiro atoms. The summed E-state index contributed by atoms with van der Waals surface area (Å²) in [5.74, 6) is 3.45. The largest absolute Gasteiger partial charge is 0.497 e. The number of ether oxygens (including phenoxy) is 3. The van der Waals surface area contributed by atoms with E-state index in [1.165, 1.54) is 42.4 Å². The maximum atomic E-state index is 11.9. The summed E-state index contributed by atoms with van der Waals surface area (Å²) in [5, 5.41) is 0. The van der Waals surface area contributed by atoms with Crippen LogP contribution in [0.2, 0.25) is 0 Å². The van der Waals surface area contributed by atoms with Crippen molar-refractivity contribution >= 4 is 5.97 Å². The summed E-state index contributed by atoms with van der Waals surface area (Å²) in [7, 11) is 3.45. The highest BCUT2D eigenvalue weighted by Crippen LogP contribution is 2.52. The monoisotopic (exact) mass is 422 g/mol. The molecular formula is C27H34O4. The van der Waals surface area contributed by atoms with Gasteiger partial charge in [0.25, 0.3) is 0 Å². The van der Waals surface area contributed by atoms with E-state index in [0.29, 0.717) is 37.2 Å². The highest BCUT2D eigenvalue weighted by Gasteiger charge is 2.39. The fourth-order valence-corrected chi connectivity index (χ4v) is 5.70. The number of carbonyl (C=O) groups excluding carboxylic acids is 1. The highest BCUT2D eigenvalue weighted by molar-refractivity contribution is 5.70. The van der Waals surface area contributed by atoms with Gasteiger partial charge in [-0.15, -0.1) is 0 Å². The van der Waals surface area contributed by atoms with Gasteiger partial charge < -0.3 is 14.2 Å². The van der Waals surface area contributed by atoms with Gasteiger partial charge in [0.2, 0.25) is 0 Å². The topological polar surface area (TPSA) is 44.8 Å². The molecule has 2 aliphatic rings. The van der Waals surface area contributed by atoms with Gasteiger partial charge in [0, 0.05) is 6.42 Å². The predicted molar refractivity (Wildman–Crippen MR) is 122 cm³/mol. The second-order valence-electron chi connectivity index (χ2n) is 8.81. The first-order valence-electron chi connectivity index (χ1n) is 11.6. The third-order valence-corrected chi connectivity index (χ3v) is 7.17. The zero-order valence-electron chi connectivity index (χ0n) is 19.0. The van der Waals surface area contributed by atoms with Crippen LogP contribution in [0.15, 0.2) is 36.4 Å². The predicted octanol–water partition coefficient (Wildman–Crippen LogP) is 5.81. The molecule has 1 fully saturated rings. The lowest BCUT2D eigenvalue weighted by Gasteiger charge is -2.43. The number of benzene rings is 2. The van der Waals surface area contributed by atoms with Crippen LogP contribution in [0.3, 0.4) is 0 Å². The van der Waals surface area contributed by atoms with Crippen molar-refractivity contribution in [3.05, 3.63) is 58.7 Å². The molecule has 0 heterocycles. The minimum absolute atomic E-state index is 0.147. The van der Waals surface area contributed by atoms with Gasteiger partial charge >= 0.3 is 5.97 Å². The molecule has 0 N–H and O–H groups in total. The molecular weight excluding hydrogens is 388 g/mol. The Balaban J connectivity index is 1.66. The fraction of sp³-hybridized carbons (Fsp3) is 0.519. The van der Waals surface area contributed by atoms with Crippen LogP contribution in [-0.2, 0) is 22.4 Å². The van der Waals surface area contributed by atoms with Crippen molar-refractivity contribution in [3.63, 3.8) is 0 Å². The van der Waals surface area contributed by atoms with E-state index in [1.807, 2.05) is 6.92 Å². The maximum absolute atomic E-state index is 11.9. The van der Waals surface area contributed by atoms with Gasteiger partial charge in [0.05, 0.1) is 20.8 Å². The Morgan fingerprint density at radius 3 is 2.48 bits per heavy atom. The fourth-order valence-electron chi connectivity index (χ4n) is 5.70. The van der Waals surface area contributed by atoms with Crippen LogP contribution >= 0.6 is 0 Å². The van der Waals surface area contributed by atoms with Crippen LogP contribution in [0, 0.1) is 5.92 Å². The van der Waals surface area contributed by atoms with E-state index >= 15 is 0 Å². The molecule has 0 saturated heterocycles. The Labute approximate surface area is 185 Å². The number of hydrogen-bond acceptors (Lipinski definition) is 4. The van der Waals surface area contributed by atoms with E-state index < -0.39 is 0 Å². The van der Waals surface area contributed by atoms with Crippen LogP contribution in [0.5, 0.6) is 11.5 Å². The number of hydrogen-bond donors (Lipinski definition) is 0. The SMILES string of the molecule is CCOC(=O)CCc1cc2c(cc1OC)C1CCCCC1C(c1ccc(OC)cc1)C2. The third kappa shape index (κ3) is 4.58. The quantitative estimate of drug-likeness (QED) is 0.528. The Bertz CT molecular complexity index is 902. The summed E-state index contributed by atoms with van der Waals surface area (Å²) in [5.41, 5.74) is 5.40. The second kappa shape index (κ2) is 9.76. The van der Waals surface area contributed by atoms with Crippen LogP contribution < -0.4 is 9.47 Å². The molecule has 4 nitrogen and oxygen atoms in total. The lowest BCUT2D eigenvalue weighted by atomic mass is 9.61. The maximum Gasteiger partial charge on any atom is 0.306 e. The number of esters is 1. The summed E-state index contributed by atoms with van der Waals surface area (Å²) in [6, 6.07) is 13.2. The standard InChI is InChI=1S/C27H34O4/c1-4-31-27(28)14-11-19-15-20-16-24(18-9-12-21(29-2)13-10-18)22-7-5-6-8-23(22)25(20)17-26(19)30-3/h9-10,12-13,15,17,22-24H,4-8,11,14,16H2,1-3H3. The summed E-state index contributed by atoms with van der Waals surface area (Å²) in [6.07, 6.45) is 7.22. The summed E-state index contributed by atoms with van der Waals surface area (Å²) in [4.78, 5) is 11.9. The third-order valence-electron chi connectivity index (χ3n) is 7.17. The first-order valence-corrected chi connectivity index (χ1v) is 11.6. The molecule has 0 amide bonds. The second-order valence-corrected chi connectivity index (χ2v) is 8.81. The van der Waals surface area contributed by atoms with Crippen molar-refractivity contribution in [2.75, 3.05) is 20.8 Å². The Kier molecular flexibility index (Phi) is 6.84. The van der Waals surface area contributed by atoms with Gasteiger partial charge in [-0.2, -0.15) is 0 Å². The van der Waals surface area contributed by atoms with E-state index in [4.69, 9.17) is 14.2 Å². The summed E-state index contributed by atoms with van der Waals surface area (Å²) < 4.78 is 16.3. The molecule has 2 aromatic carbocycles. The van der Waals surface area contributed by atoms with Crippen molar-refractivity contribution in [1.29, 1.82) is 0 Å². The molecule has 166 valence electrons. The number of fused-ring (bicyclic) bond motifs is 3. The Morgan fingerprint density at radius 1 is 1.00 bits per heavy atom. The molecule has 4 heteroatoms. The van der Waals surface area contributed by atoms with Gasteiger partial charge in [0.15, 0.2) is 0 Å². The van der Waals surface area contributed by atoms with E-state index in [2.05, 4.69) is 36.4 Å². The average Bonchev–Trinajstić information content (AvgIpc) is 2.82. The van der Waals surface area contributed by atoms with E-state index in [0.717, 1.165) is 23.5 Å². The van der Waals surface area contributed by atoms with E-state index in [-0.39, 0.29) is 5.97 Å². The lowest BCUT2D eigenvalue weighted by molar-refractivity contribution is -0.143. The number of methoxy groups -OCH3 is 2. The smallest absolute Gasteiger partial charge is 0.306 e. The molecule has 31 heavy (non-hydrogen) atoms. The molecule has 3 unspecified atom stereocenters. The van der Waals surface area contributed by atoms with Crippen LogP contribution in [0.1, 0.15) is 73.1 Å². The number of aryl methyl sites for hydroxylation is 1.